The molecule has 2 heterocycles. The van der Waals surface area contributed by atoms with Crippen LogP contribution in [0.15, 0.2) is 53.0 Å². The van der Waals surface area contributed by atoms with Crippen LogP contribution in [0.25, 0.3) is 11.7 Å². The van der Waals surface area contributed by atoms with Crippen LogP contribution in [0.3, 0.4) is 0 Å². The minimum absolute atomic E-state index is 0.0716. The van der Waals surface area contributed by atoms with E-state index in [1.165, 1.54) is 4.40 Å². The summed E-state index contributed by atoms with van der Waals surface area (Å²) in [5.41, 5.74) is 0.208. The summed E-state index contributed by atoms with van der Waals surface area (Å²) in [7, 11) is 0. The van der Waals surface area contributed by atoms with Gasteiger partial charge in [-0.3, -0.25) is 9.20 Å². The summed E-state index contributed by atoms with van der Waals surface area (Å²) in [4.78, 5) is 29.6. The van der Waals surface area contributed by atoms with E-state index in [9.17, 15) is 14.9 Å². The van der Waals surface area contributed by atoms with Crippen LogP contribution >= 0.6 is 11.6 Å². The number of fused-ring (bicyclic) bond motifs is 1. The quantitative estimate of drug-likeness (QED) is 0.360. The van der Waals surface area contributed by atoms with Gasteiger partial charge in [-0.05, 0) is 43.7 Å². The fourth-order valence-corrected chi connectivity index (χ4v) is 2.79. The molecule has 146 valence electrons. The highest BCUT2D eigenvalue weighted by Crippen LogP contribution is 2.30. The van der Waals surface area contributed by atoms with Gasteiger partial charge in [0.05, 0.1) is 11.6 Å². The summed E-state index contributed by atoms with van der Waals surface area (Å²) >= 11 is 6.16. The molecule has 3 aromatic rings. The third kappa shape index (κ3) is 4.13. The van der Waals surface area contributed by atoms with Crippen molar-refractivity contribution in [1.82, 2.24) is 9.38 Å². The molecule has 0 aliphatic rings. The Morgan fingerprint density at radius 3 is 2.76 bits per heavy atom. The van der Waals surface area contributed by atoms with E-state index in [4.69, 9.17) is 21.1 Å². The molecule has 0 aliphatic heterocycles. The van der Waals surface area contributed by atoms with Crippen molar-refractivity contribution in [2.75, 3.05) is 6.61 Å². The first kappa shape index (κ1) is 20.1. The molecule has 0 bridgehead atoms. The largest absolute Gasteiger partial charge is 0.462 e. The molecule has 1 aromatic carbocycles. The predicted octanol–water partition coefficient (Wildman–Crippen LogP) is 3.92. The number of carbonyl (C=O) groups is 1. The Labute approximate surface area is 171 Å². The zero-order chi connectivity index (χ0) is 21.0. The van der Waals surface area contributed by atoms with Gasteiger partial charge in [0.15, 0.2) is 0 Å². The molecular formula is C21H16ClN3O4. The van der Waals surface area contributed by atoms with Gasteiger partial charge in [0.1, 0.15) is 28.6 Å². The van der Waals surface area contributed by atoms with E-state index in [0.717, 1.165) is 11.6 Å². The molecule has 0 aliphatic carbocycles. The summed E-state index contributed by atoms with van der Waals surface area (Å²) in [6.45, 7) is 3.51. The standard InChI is InChI=1S/C21H16ClN3O4/c1-3-28-21(27)14(12-23)11-15-19(29-17-9-5-4-8-16(17)22)24-18-13(2)7-6-10-25(18)20(15)26/h4-11H,3H2,1-2H3. The molecule has 0 radical (unpaired) electrons. The number of benzene rings is 1. The van der Waals surface area contributed by atoms with Crippen LogP contribution in [-0.4, -0.2) is 22.0 Å². The highest BCUT2D eigenvalue weighted by Gasteiger charge is 2.19. The van der Waals surface area contributed by atoms with E-state index < -0.39 is 11.5 Å². The Morgan fingerprint density at radius 2 is 2.07 bits per heavy atom. The highest BCUT2D eigenvalue weighted by molar-refractivity contribution is 6.32. The van der Waals surface area contributed by atoms with Gasteiger partial charge in [-0.1, -0.05) is 29.8 Å². The fourth-order valence-electron chi connectivity index (χ4n) is 2.62. The minimum Gasteiger partial charge on any atom is -0.462 e. The smallest absolute Gasteiger partial charge is 0.348 e. The predicted molar refractivity (Wildman–Crippen MR) is 108 cm³/mol. The number of halogens is 1. The first-order chi connectivity index (χ1) is 14.0. The zero-order valence-electron chi connectivity index (χ0n) is 15.7. The van der Waals surface area contributed by atoms with Gasteiger partial charge < -0.3 is 9.47 Å². The van der Waals surface area contributed by atoms with Crippen LogP contribution in [0, 0.1) is 18.3 Å². The lowest BCUT2D eigenvalue weighted by Crippen LogP contribution is -2.20. The summed E-state index contributed by atoms with van der Waals surface area (Å²) in [5, 5.41) is 9.67. The van der Waals surface area contributed by atoms with Crippen LogP contribution in [0.4, 0.5) is 0 Å². The number of ether oxygens (including phenoxy) is 2. The third-order valence-corrected chi connectivity index (χ3v) is 4.31. The molecule has 8 heteroatoms. The number of nitriles is 1. The van der Waals surface area contributed by atoms with Crippen molar-refractivity contribution < 1.29 is 14.3 Å². The Morgan fingerprint density at radius 1 is 1.31 bits per heavy atom. The normalized spacial score (nSPS) is 11.2. The van der Waals surface area contributed by atoms with Gasteiger partial charge in [0, 0.05) is 6.20 Å². The van der Waals surface area contributed by atoms with Gasteiger partial charge in [0.25, 0.3) is 5.56 Å². The summed E-state index contributed by atoms with van der Waals surface area (Å²) in [6, 6.07) is 12.0. The molecule has 0 N–H and O–H groups in total. The summed E-state index contributed by atoms with van der Waals surface area (Å²) in [6.07, 6.45) is 2.67. The van der Waals surface area contributed by atoms with Crippen LogP contribution < -0.4 is 10.3 Å². The number of hydrogen-bond donors (Lipinski definition) is 0. The molecule has 0 saturated carbocycles. The van der Waals surface area contributed by atoms with Crippen molar-refractivity contribution in [2.24, 2.45) is 0 Å². The average Bonchev–Trinajstić information content (AvgIpc) is 2.70. The summed E-state index contributed by atoms with van der Waals surface area (Å²) in [5.74, 6) is -0.634. The number of pyridine rings is 1. The van der Waals surface area contributed by atoms with Gasteiger partial charge in [-0.15, -0.1) is 0 Å². The van der Waals surface area contributed by atoms with E-state index >= 15 is 0 Å². The number of para-hydroxylation sites is 1. The number of esters is 1. The lowest BCUT2D eigenvalue weighted by Gasteiger charge is -2.12. The minimum atomic E-state index is -0.840. The monoisotopic (exact) mass is 409 g/mol. The lowest BCUT2D eigenvalue weighted by molar-refractivity contribution is -0.137. The molecule has 0 amide bonds. The highest BCUT2D eigenvalue weighted by atomic mass is 35.5. The Bertz CT molecular complexity index is 1220. The molecule has 0 saturated heterocycles. The first-order valence-corrected chi connectivity index (χ1v) is 9.07. The Balaban J connectivity index is 2.27. The Hall–Kier alpha value is -3.63. The molecule has 0 unspecified atom stereocenters. The first-order valence-electron chi connectivity index (χ1n) is 8.69. The van der Waals surface area contributed by atoms with Crippen molar-refractivity contribution in [3.63, 3.8) is 0 Å². The van der Waals surface area contributed by atoms with E-state index in [2.05, 4.69) is 4.98 Å². The molecule has 0 spiro atoms. The van der Waals surface area contributed by atoms with E-state index in [1.807, 2.05) is 0 Å². The second-order valence-corrected chi connectivity index (χ2v) is 6.35. The second kappa shape index (κ2) is 8.59. The number of aromatic nitrogens is 2. The average molecular weight is 410 g/mol. The fraction of sp³-hybridized carbons (Fsp3) is 0.143. The third-order valence-electron chi connectivity index (χ3n) is 4.00. The number of hydrogen-bond acceptors (Lipinski definition) is 6. The van der Waals surface area contributed by atoms with Crippen molar-refractivity contribution in [1.29, 1.82) is 5.26 Å². The van der Waals surface area contributed by atoms with Crippen molar-refractivity contribution >= 4 is 29.3 Å². The van der Waals surface area contributed by atoms with Crippen LogP contribution in [0.1, 0.15) is 18.1 Å². The molecule has 29 heavy (non-hydrogen) atoms. The van der Waals surface area contributed by atoms with Gasteiger partial charge >= 0.3 is 5.97 Å². The van der Waals surface area contributed by atoms with E-state index in [-0.39, 0.29) is 29.4 Å². The molecular weight excluding hydrogens is 394 g/mol. The Kier molecular flexibility index (Phi) is 5.96. The van der Waals surface area contributed by atoms with Crippen molar-refractivity contribution in [2.45, 2.75) is 13.8 Å². The van der Waals surface area contributed by atoms with Crippen LogP contribution in [0.5, 0.6) is 11.6 Å². The number of rotatable bonds is 5. The van der Waals surface area contributed by atoms with Gasteiger partial charge in [-0.2, -0.15) is 10.2 Å². The topological polar surface area (TPSA) is 93.7 Å². The summed E-state index contributed by atoms with van der Waals surface area (Å²) < 4.78 is 12.0. The van der Waals surface area contributed by atoms with Crippen molar-refractivity contribution in [3.05, 3.63) is 74.7 Å². The zero-order valence-corrected chi connectivity index (χ0v) is 16.4. The molecule has 7 nitrogen and oxygen atoms in total. The maximum absolute atomic E-state index is 13.1. The SMILES string of the molecule is CCOC(=O)C(C#N)=Cc1c(Oc2ccccc2Cl)nc2c(C)cccn2c1=O. The second-order valence-electron chi connectivity index (χ2n) is 5.94. The van der Waals surface area contributed by atoms with E-state index in [0.29, 0.717) is 10.7 Å². The molecule has 3 rings (SSSR count). The number of carbonyl (C=O) groups excluding carboxylic acids is 1. The molecule has 0 fully saturated rings. The van der Waals surface area contributed by atoms with Gasteiger partial charge in [0.2, 0.25) is 5.88 Å². The number of aryl methyl sites for hydroxylation is 1. The van der Waals surface area contributed by atoms with Crippen molar-refractivity contribution in [3.8, 4) is 17.7 Å². The van der Waals surface area contributed by atoms with Crippen LogP contribution in [0.2, 0.25) is 5.02 Å². The maximum atomic E-state index is 13.1. The molecule has 2 aromatic heterocycles. The van der Waals surface area contributed by atoms with E-state index in [1.54, 1.807) is 62.5 Å². The van der Waals surface area contributed by atoms with Crippen LogP contribution in [-0.2, 0) is 9.53 Å². The number of nitrogens with zero attached hydrogens (tertiary/aromatic N) is 3. The molecule has 0 atom stereocenters. The van der Waals surface area contributed by atoms with Gasteiger partial charge in [-0.25, -0.2) is 4.79 Å². The lowest BCUT2D eigenvalue weighted by atomic mass is 10.2. The maximum Gasteiger partial charge on any atom is 0.348 e.